The zero-order valence-corrected chi connectivity index (χ0v) is 34.1. The van der Waals surface area contributed by atoms with E-state index in [1.54, 1.807) is 96.7 Å². The number of fused-ring (bicyclic) bond motifs is 2. The van der Waals surface area contributed by atoms with Crippen LogP contribution in [0.25, 0.3) is 0 Å². The third-order valence-corrected chi connectivity index (χ3v) is 13.6. The molecule has 1 spiro atoms. The van der Waals surface area contributed by atoms with Crippen molar-refractivity contribution in [3.63, 3.8) is 0 Å². The van der Waals surface area contributed by atoms with Crippen LogP contribution < -0.4 is 25.0 Å². The van der Waals surface area contributed by atoms with Crippen molar-refractivity contribution in [2.75, 3.05) is 36.4 Å². The van der Waals surface area contributed by atoms with E-state index >= 15 is 4.79 Å². The molecule has 0 aliphatic carbocycles. The monoisotopic (exact) mass is 804 g/mol. The summed E-state index contributed by atoms with van der Waals surface area (Å²) >= 11 is 0. The van der Waals surface area contributed by atoms with Gasteiger partial charge in [-0.1, -0.05) is 24.3 Å². The van der Waals surface area contributed by atoms with E-state index in [1.165, 1.54) is 0 Å². The van der Waals surface area contributed by atoms with Gasteiger partial charge in [0.2, 0.25) is 0 Å². The van der Waals surface area contributed by atoms with Gasteiger partial charge in [-0.05, 0) is 104 Å². The minimum absolute atomic E-state index is 0.0390. The fourth-order valence-electron chi connectivity index (χ4n) is 8.29. The molecule has 15 heteroatoms. The lowest BCUT2D eigenvalue weighted by Crippen LogP contribution is -2.46. The number of aliphatic hydroxyl groups excluding tert-OH is 1. The number of nitrogens with zero attached hydrogens (tertiary/aromatic N) is 4. The number of aromatic nitrogens is 3. The second-order valence-corrected chi connectivity index (χ2v) is 19.3. The number of amides is 3. The van der Waals surface area contributed by atoms with Crippen LogP contribution in [0.2, 0.25) is 18.6 Å². The Kier molecular flexibility index (Phi) is 11.5. The maximum atomic E-state index is 15.1. The number of ether oxygens (including phenoxy) is 3. The molecule has 4 atom stereocenters. The van der Waals surface area contributed by atoms with Gasteiger partial charge in [0.25, 0.3) is 17.7 Å². The highest BCUT2D eigenvalue weighted by molar-refractivity contribution is 6.71. The van der Waals surface area contributed by atoms with Crippen LogP contribution in [0.1, 0.15) is 50.9 Å². The van der Waals surface area contributed by atoms with Gasteiger partial charge in [-0.3, -0.25) is 19.1 Å². The molecule has 0 radical (unpaired) electrons. The van der Waals surface area contributed by atoms with Gasteiger partial charge in [0.1, 0.15) is 11.5 Å². The first-order valence-corrected chi connectivity index (χ1v) is 22.2. The summed E-state index contributed by atoms with van der Waals surface area (Å²) in [5.41, 5.74) is 2.93. The number of hydrogen-bond acceptors (Lipinski definition) is 10. The molecule has 4 N–H and O–H groups in total. The lowest BCUT2D eigenvalue weighted by Gasteiger charge is -2.32. The molecule has 3 amide bonds. The highest BCUT2D eigenvalue weighted by Crippen LogP contribution is 2.60. The van der Waals surface area contributed by atoms with Gasteiger partial charge in [0, 0.05) is 65.3 Å². The molecular weight excluding hydrogens is 757 g/mol. The summed E-state index contributed by atoms with van der Waals surface area (Å²) in [5, 5.41) is 23.6. The molecule has 1 fully saturated rings. The van der Waals surface area contributed by atoms with E-state index in [4.69, 9.17) is 14.2 Å². The Morgan fingerprint density at radius 1 is 0.879 bits per heavy atom. The summed E-state index contributed by atoms with van der Waals surface area (Å²) in [7, 11) is 0.155. The SMILES string of the molecule is COc1ccc(C(=O)Nc2ccc(CN3C(=O)[C@]4(O[C@H](CCn5cc(CCO)nn5)[C@@H]([Si](C)(C)O)[C@@H]4C)c4cc(NC(=O)c5ccc(OC)cc5)ccc43)cc2)cc1. The van der Waals surface area contributed by atoms with Crippen LogP contribution in [0.15, 0.2) is 97.2 Å². The van der Waals surface area contributed by atoms with Crippen LogP contribution in [0, 0.1) is 5.92 Å². The number of carbonyl (C=O) groups is 3. The van der Waals surface area contributed by atoms with Gasteiger partial charge in [-0.25, -0.2) is 0 Å². The van der Waals surface area contributed by atoms with Crippen LogP contribution in [0.3, 0.4) is 0 Å². The van der Waals surface area contributed by atoms with Crippen molar-refractivity contribution in [3.8, 4) is 11.5 Å². The van der Waals surface area contributed by atoms with Gasteiger partial charge in [-0.15, -0.1) is 5.10 Å². The minimum Gasteiger partial charge on any atom is -0.497 e. The van der Waals surface area contributed by atoms with Gasteiger partial charge in [0.15, 0.2) is 13.9 Å². The summed E-state index contributed by atoms with van der Waals surface area (Å²) < 4.78 is 19.2. The van der Waals surface area contributed by atoms with Crippen LogP contribution in [-0.4, -0.2) is 77.9 Å². The first-order valence-electron chi connectivity index (χ1n) is 19.2. The Labute approximate surface area is 337 Å². The van der Waals surface area contributed by atoms with Crippen molar-refractivity contribution >= 4 is 43.1 Å². The second kappa shape index (κ2) is 16.5. The van der Waals surface area contributed by atoms with Crippen LogP contribution in [-0.2, 0) is 34.6 Å². The number of aliphatic hydroxyl groups is 1. The van der Waals surface area contributed by atoms with E-state index in [1.807, 2.05) is 44.3 Å². The summed E-state index contributed by atoms with van der Waals surface area (Å²) in [6.45, 7) is 6.31. The predicted molar refractivity (Wildman–Crippen MR) is 221 cm³/mol. The second-order valence-electron chi connectivity index (χ2n) is 15.3. The Morgan fingerprint density at radius 2 is 1.47 bits per heavy atom. The molecule has 14 nitrogen and oxygen atoms in total. The van der Waals surface area contributed by atoms with Crippen molar-refractivity contribution in [1.29, 1.82) is 0 Å². The topological polar surface area (TPSA) is 177 Å². The molecule has 5 aromatic rings. The molecule has 4 aromatic carbocycles. The molecule has 1 saturated heterocycles. The quantitative estimate of drug-likeness (QED) is 0.101. The maximum absolute atomic E-state index is 15.1. The number of nitrogens with one attached hydrogen (secondary N) is 2. The maximum Gasteiger partial charge on any atom is 0.264 e. The van der Waals surface area contributed by atoms with Gasteiger partial charge >= 0.3 is 0 Å². The fourth-order valence-corrected chi connectivity index (χ4v) is 10.9. The third-order valence-electron chi connectivity index (χ3n) is 11.1. The number of hydrogen-bond donors (Lipinski definition) is 4. The van der Waals surface area contributed by atoms with Crippen LogP contribution in [0.5, 0.6) is 11.5 Å². The van der Waals surface area contributed by atoms with Crippen molar-refractivity contribution in [1.82, 2.24) is 15.0 Å². The van der Waals surface area contributed by atoms with Gasteiger partial charge < -0.3 is 39.6 Å². The van der Waals surface area contributed by atoms with E-state index in [0.717, 1.165) is 5.56 Å². The van der Waals surface area contributed by atoms with Crippen molar-refractivity contribution in [3.05, 3.63) is 125 Å². The summed E-state index contributed by atoms with van der Waals surface area (Å²) in [4.78, 5) is 55.0. The molecule has 58 heavy (non-hydrogen) atoms. The molecule has 3 heterocycles. The first-order chi connectivity index (χ1) is 27.8. The van der Waals surface area contributed by atoms with Crippen molar-refractivity contribution in [2.45, 2.75) is 63.2 Å². The first kappa shape index (κ1) is 40.3. The lowest BCUT2D eigenvalue weighted by molar-refractivity contribution is -0.146. The number of methoxy groups -OCH3 is 2. The average Bonchev–Trinajstić information content (AvgIpc) is 3.87. The van der Waals surface area contributed by atoms with E-state index in [0.29, 0.717) is 70.3 Å². The van der Waals surface area contributed by atoms with Gasteiger partial charge in [-0.2, -0.15) is 0 Å². The molecule has 0 bridgehead atoms. The zero-order valence-electron chi connectivity index (χ0n) is 33.1. The highest BCUT2D eigenvalue weighted by Gasteiger charge is 2.66. The molecule has 302 valence electrons. The average molecular weight is 805 g/mol. The Balaban J connectivity index is 1.19. The number of anilines is 3. The highest BCUT2D eigenvalue weighted by atomic mass is 28.4. The minimum atomic E-state index is -2.97. The largest absolute Gasteiger partial charge is 0.497 e. The summed E-state index contributed by atoms with van der Waals surface area (Å²) in [6.07, 6.45) is 2.12. The molecule has 2 aliphatic rings. The Morgan fingerprint density at radius 3 is 2.03 bits per heavy atom. The third kappa shape index (κ3) is 7.98. The number of rotatable bonds is 14. The van der Waals surface area contributed by atoms with E-state index in [9.17, 15) is 19.5 Å². The Bertz CT molecular complexity index is 2280. The lowest BCUT2D eigenvalue weighted by atomic mass is 9.82. The van der Waals surface area contributed by atoms with Crippen molar-refractivity contribution < 1.29 is 38.5 Å². The van der Waals surface area contributed by atoms with Crippen molar-refractivity contribution in [2.24, 2.45) is 5.92 Å². The standard InChI is InChI=1S/C43H48N6O8Si/c1-27-39(58(4,5)54)38(20-22-48-26-33(21-23-50)46-47-48)57-43(27)36-24-32(45-41(52)30-10-17-35(56-3)18-11-30)14-19-37(36)49(42(43)53)25-28-6-12-31(13-7-28)44-40(51)29-8-15-34(55-2)16-9-29/h6-19,24,26-27,38-39,50,54H,20-23,25H2,1-5H3,(H,44,51)(H,45,52)/t27-,38+,39-,43+/m0/s1. The van der Waals surface area contributed by atoms with Gasteiger partial charge in [0.05, 0.1) is 38.2 Å². The predicted octanol–water partition coefficient (Wildman–Crippen LogP) is 5.77. The van der Waals surface area contributed by atoms with E-state index in [-0.39, 0.29) is 36.4 Å². The normalized spacial score (nSPS) is 19.9. The van der Waals surface area contributed by atoms with E-state index < -0.39 is 25.9 Å². The van der Waals surface area contributed by atoms with Crippen LogP contribution >= 0.6 is 0 Å². The molecule has 0 saturated carbocycles. The smallest absolute Gasteiger partial charge is 0.264 e. The van der Waals surface area contributed by atoms with Crippen LogP contribution in [0.4, 0.5) is 17.1 Å². The molecule has 7 rings (SSSR count). The zero-order chi connectivity index (χ0) is 41.2. The number of benzene rings is 4. The number of aryl methyl sites for hydroxylation is 1. The fraction of sp³-hybridized carbons (Fsp3) is 0.326. The Hall–Kier alpha value is -5.87. The molecule has 0 unspecified atom stereocenters. The number of carbonyl (C=O) groups excluding carboxylic acids is 3. The molecular formula is C43H48N6O8Si. The summed E-state index contributed by atoms with van der Waals surface area (Å²) in [5.74, 6) is -0.0149. The molecule has 1 aromatic heterocycles. The van der Waals surface area contributed by atoms with E-state index in [2.05, 4.69) is 20.9 Å². The summed E-state index contributed by atoms with van der Waals surface area (Å²) in [6, 6.07) is 26.3. The molecule has 2 aliphatic heterocycles.